The number of ether oxygens (including phenoxy) is 2. The zero-order valence-electron chi connectivity index (χ0n) is 21.0. The number of hydrogen-bond acceptors (Lipinski definition) is 6. The normalized spacial score (nSPS) is 15.6. The second-order valence-electron chi connectivity index (χ2n) is 8.74. The molecule has 2 heterocycles. The Kier molecular flexibility index (Phi) is 7.95. The molecule has 0 saturated carbocycles. The maximum Gasteiger partial charge on any atom is 0.338 e. The number of allylic oxidation sites excluding steroid dienone is 1. The van der Waals surface area contributed by atoms with Crippen LogP contribution in [0.3, 0.4) is 0 Å². The Morgan fingerprint density at radius 3 is 2.53 bits per heavy atom. The molecule has 188 valence electrons. The van der Waals surface area contributed by atoms with E-state index in [1.54, 1.807) is 18.4 Å². The minimum Gasteiger partial charge on any atom is -0.493 e. The second-order valence-corrected chi connectivity index (χ2v) is 10.7. The number of benzene rings is 2. The fourth-order valence-electron chi connectivity index (χ4n) is 4.23. The first kappa shape index (κ1) is 26.1. The minimum absolute atomic E-state index is 0.214. The van der Waals surface area contributed by atoms with E-state index >= 15 is 0 Å². The topological polar surface area (TPSA) is 69.9 Å². The van der Waals surface area contributed by atoms with Gasteiger partial charge in [-0.1, -0.05) is 65.4 Å². The number of hydrogen-bond donors (Lipinski definition) is 0. The van der Waals surface area contributed by atoms with Crippen LogP contribution < -0.4 is 19.6 Å². The van der Waals surface area contributed by atoms with E-state index in [1.165, 1.54) is 16.9 Å². The van der Waals surface area contributed by atoms with E-state index in [4.69, 9.17) is 9.47 Å². The zero-order chi connectivity index (χ0) is 26.0. The highest BCUT2D eigenvalue weighted by atomic mass is 79.9. The highest BCUT2D eigenvalue weighted by molar-refractivity contribution is 9.10. The van der Waals surface area contributed by atoms with Crippen molar-refractivity contribution in [1.29, 1.82) is 0 Å². The van der Waals surface area contributed by atoms with Crippen molar-refractivity contribution in [2.75, 3.05) is 13.2 Å². The van der Waals surface area contributed by atoms with Gasteiger partial charge in [0.25, 0.3) is 5.56 Å². The van der Waals surface area contributed by atoms with Gasteiger partial charge in [-0.3, -0.25) is 9.36 Å². The van der Waals surface area contributed by atoms with Crippen LogP contribution in [0.2, 0.25) is 0 Å². The van der Waals surface area contributed by atoms with E-state index in [9.17, 15) is 9.59 Å². The molecule has 1 atom stereocenters. The quantitative estimate of drug-likeness (QED) is 0.372. The molecular weight excluding hydrogens is 540 g/mol. The summed E-state index contributed by atoms with van der Waals surface area (Å²) in [5.41, 5.74) is 3.52. The van der Waals surface area contributed by atoms with Crippen LogP contribution >= 0.6 is 27.3 Å². The van der Waals surface area contributed by atoms with Gasteiger partial charge >= 0.3 is 5.97 Å². The molecule has 2 aromatic carbocycles. The molecule has 4 rings (SSSR count). The third-order valence-electron chi connectivity index (χ3n) is 5.99. The molecule has 1 aliphatic heterocycles. The van der Waals surface area contributed by atoms with Crippen LogP contribution in [0.1, 0.15) is 63.3 Å². The van der Waals surface area contributed by atoms with Gasteiger partial charge in [0, 0.05) is 10.0 Å². The van der Waals surface area contributed by atoms with Gasteiger partial charge in [-0.25, -0.2) is 9.79 Å². The van der Waals surface area contributed by atoms with E-state index in [1.807, 2.05) is 55.5 Å². The lowest BCUT2D eigenvalue weighted by molar-refractivity contribution is -0.139. The summed E-state index contributed by atoms with van der Waals surface area (Å²) >= 11 is 4.80. The summed E-state index contributed by atoms with van der Waals surface area (Å²) in [5, 5.41) is 0. The van der Waals surface area contributed by atoms with E-state index in [0.717, 1.165) is 15.6 Å². The third kappa shape index (κ3) is 5.11. The lowest BCUT2D eigenvalue weighted by Gasteiger charge is -2.25. The first-order chi connectivity index (χ1) is 17.2. The summed E-state index contributed by atoms with van der Waals surface area (Å²) < 4.78 is 14.2. The van der Waals surface area contributed by atoms with Gasteiger partial charge in [0.1, 0.15) is 5.75 Å². The Morgan fingerprint density at radius 1 is 1.17 bits per heavy atom. The van der Waals surface area contributed by atoms with Crippen molar-refractivity contribution in [3.63, 3.8) is 0 Å². The van der Waals surface area contributed by atoms with Crippen molar-refractivity contribution < 1.29 is 14.3 Å². The first-order valence-electron chi connectivity index (χ1n) is 12.0. The van der Waals surface area contributed by atoms with Crippen LogP contribution in [-0.4, -0.2) is 23.8 Å². The predicted octanol–water partition coefficient (Wildman–Crippen LogP) is 5.08. The van der Waals surface area contributed by atoms with Crippen molar-refractivity contribution in [2.45, 2.75) is 46.6 Å². The Balaban J connectivity index is 1.94. The average molecular weight is 570 g/mol. The molecule has 6 nitrogen and oxygen atoms in total. The van der Waals surface area contributed by atoms with Crippen molar-refractivity contribution in [3.8, 4) is 5.75 Å². The fourth-order valence-corrected chi connectivity index (χ4v) is 5.65. The van der Waals surface area contributed by atoms with Crippen molar-refractivity contribution in [1.82, 2.24) is 4.57 Å². The van der Waals surface area contributed by atoms with Gasteiger partial charge in [0.15, 0.2) is 4.80 Å². The maximum atomic E-state index is 13.8. The highest BCUT2D eigenvalue weighted by Gasteiger charge is 2.33. The molecule has 36 heavy (non-hydrogen) atoms. The molecule has 0 bridgehead atoms. The van der Waals surface area contributed by atoms with Gasteiger partial charge in [0.2, 0.25) is 0 Å². The fraction of sp³-hybridized carbons (Fsp3) is 0.321. The molecule has 1 unspecified atom stereocenters. The first-order valence-corrected chi connectivity index (χ1v) is 13.6. The van der Waals surface area contributed by atoms with Crippen molar-refractivity contribution >= 4 is 39.3 Å². The van der Waals surface area contributed by atoms with E-state index in [0.29, 0.717) is 38.9 Å². The molecule has 3 aromatic rings. The number of fused-ring (bicyclic) bond motifs is 1. The number of esters is 1. The number of carbonyl (C=O) groups is 1. The van der Waals surface area contributed by atoms with E-state index in [-0.39, 0.29) is 12.2 Å². The number of nitrogens with zero attached hydrogens (tertiary/aromatic N) is 2. The van der Waals surface area contributed by atoms with Gasteiger partial charge in [-0.15, -0.1) is 0 Å². The molecule has 1 aromatic heterocycles. The Hall–Kier alpha value is -2.97. The molecule has 8 heteroatoms. The highest BCUT2D eigenvalue weighted by Crippen LogP contribution is 2.31. The Bertz CT molecular complexity index is 1500. The molecule has 0 spiro atoms. The van der Waals surface area contributed by atoms with Crippen LogP contribution in [0, 0.1) is 0 Å². The Labute approximate surface area is 222 Å². The van der Waals surface area contributed by atoms with Crippen LogP contribution in [0.15, 0.2) is 68.0 Å². The molecule has 0 saturated heterocycles. The average Bonchev–Trinajstić information content (AvgIpc) is 3.14. The summed E-state index contributed by atoms with van der Waals surface area (Å²) in [6.45, 7) is 10.5. The SMILES string of the molecule is CCOC(=O)C1=C(C)N=c2sc(=Cc3cc(Br)ccc3OCC)c(=O)n2C1c1ccc(C(C)C)cc1. The van der Waals surface area contributed by atoms with E-state index < -0.39 is 12.0 Å². The summed E-state index contributed by atoms with van der Waals surface area (Å²) in [6.07, 6.45) is 1.82. The lowest BCUT2D eigenvalue weighted by Crippen LogP contribution is -2.39. The smallest absolute Gasteiger partial charge is 0.338 e. The lowest BCUT2D eigenvalue weighted by atomic mass is 9.93. The predicted molar refractivity (Wildman–Crippen MR) is 146 cm³/mol. The largest absolute Gasteiger partial charge is 0.493 e. The molecular formula is C28H29BrN2O4S. The van der Waals surface area contributed by atoms with Crippen LogP contribution in [0.25, 0.3) is 6.08 Å². The van der Waals surface area contributed by atoms with Crippen LogP contribution in [0.4, 0.5) is 0 Å². The standard InChI is InChI=1S/C28H29BrN2O4S/c1-6-34-22-13-12-21(29)14-20(22)15-23-26(32)31-25(19-10-8-18(9-11-19)16(3)4)24(27(33)35-7-2)17(5)30-28(31)36-23/h8-16,25H,6-7H2,1-5H3. The minimum atomic E-state index is -0.627. The van der Waals surface area contributed by atoms with Crippen LogP contribution in [-0.2, 0) is 9.53 Å². The van der Waals surface area contributed by atoms with Crippen molar-refractivity contribution in [3.05, 3.63) is 94.6 Å². The summed E-state index contributed by atoms with van der Waals surface area (Å²) in [6, 6.07) is 13.1. The van der Waals surface area contributed by atoms with Gasteiger partial charge in [-0.05, 0) is 62.1 Å². The molecule has 0 amide bonds. The number of halogens is 1. The number of carbonyl (C=O) groups excluding carboxylic acids is 1. The third-order valence-corrected chi connectivity index (χ3v) is 7.47. The molecule has 0 aliphatic carbocycles. The Morgan fingerprint density at radius 2 is 1.89 bits per heavy atom. The molecule has 0 fully saturated rings. The zero-order valence-corrected chi connectivity index (χ0v) is 23.4. The number of aromatic nitrogens is 1. The van der Waals surface area contributed by atoms with Gasteiger partial charge in [-0.2, -0.15) is 0 Å². The van der Waals surface area contributed by atoms with Crippen molar-refractivity contribution in [2.24, 2.45) is 4.99 Å². The van der Waals surface area contributed by atoms with E-state index in [2.05, 4.69) is 34.8 Å². The summed E-state index contributed by atoms with van der Waals surface area (Å²) in [7, 11) is 0. The summed E-state index contributed by atoms with van der Waals surface area (Å²) in [4.78, 5) is 32.1. The van der Waals surface area contributed by atoms with Crippen LogP contribution in [0.5, 0.6) is 5.75 Å². The molecule has 0 N–H and O–H groups in total. The number of thiazole rings is 1. The summed E-state index contributed by atoms with van der Waals surface area (Å²) in [5.74, 6) is 0.597. The van der Waals surface area contributed by atoms with Gasteiger partial charge < -0.3 is 9.47 Å². The monoisotopic (exact) mass is 568 g/mol. The van der Waals surface area contributed by atoms with Gasteiger partial charge in [0.05, 0.1) is 35.1 Å². The molecule has 1 aliphatic rings. The maximum absolute atomic E-state index is 13.8. The number of rotatable bonds is 7. The molecule has 0 radical (unpaired) electrons. The second kappa shape index (κ2) is 11.0.